The third-order valence-electron chi connectivity index (χ3n) is 4.31. The van der Waals surface area contributed by atoms with Crippen molar-refractivity contribution >= 4 is 28.7 Å². The Morgan fingerprint density at radius 2 is 2.12 bits per heavy atom. The minimum Gasteiger partial charge on any atom is -0.384 e. The number of fused-ring (bicyclic) bond motifs is 1. The SMILES string of the molecule is Cc1cccc2c1c(CN(C)C(=O)/C=C/c1ccc(N)nc1)cn2C. The molecule has 1 aromatic carbocycles. The van der Waals surface area contributed by atoms with E-state index in [2.05, 4.69) is 40.9 Å². The summed E-state index contributed by atoms with van der Waals surface area (Å²) in [7, 11) is 3.84. The van der Waals surface area contributed by atoms with E-state index in [1.807, 2.05) is 20.2 Å². The Hall–Kier alpha value is -3.08. The number of carbonyl (C=O) groups is 1. The van der Waals surface area contributed by atoms with Crippen molar-refractivity contribution in [2.45, 2.75) is 13.5 Å². The van der Waals surface area contributed by atoms with Crippen molar-refractivity contribution in [1.82, 2.24) is 14.5 Å². The fourth-order valence-corrected chi connectivity index (χ4v) is 3.00. The van der Waals surface area contributed by atoms with Crippen LogP contribution in [0.2, 0.25) is 0 Å². The molecule has 25 heavy (non-hydrogen) atoms. The molecule has 128 valence electrons. The van der Waals surface area contributed by atoms with Crippen LogP contribution in [0.5, 0.6) is 0 Å². The van der Waals surface area contributed by atoms with Gasteiger partial charge in [0.05, 0.1) is 0 Å². The molecule has 0 saturated heterocycles. The molecule has 5 heteroatoms. The van der Waals surface area contributed by atoms with Gasteiger partial charge in [-0.05, 0) is 47.9 Å². The van der Waals surface area contributed by atoms with Crippen LogP contribution in [0.25, 0.3) is 17.0 Å². The minimum absolute atomic E-state index is 0.0533. The number of nitrogens with two attached hydrogens (primary N) is 1. The summed E-state index contributed by atoms with van der Waals surface area (Å²) in [6, 6.07) is 9.80. The molecule has 0 spiro atoms. The fourth-order valence-electron chi connectivity index (χ4n) is 3.00. The summed E-state index contributed by atoms with van der Waals surface area (Å²) >= 11 is 0. The van der Waals surface area contributed by atoms with Crippen LogP contribution in [0.1, 0.15) is 16.7 Å². The van der Waals surface area contributed by atoms with Crippen molar-refractivity contribution in [1.29, 1.82) is 0 Å². The number of hydrogen-bond donors (Lipinski definition) is 1. The molecule has 0 saturated carbocycles. The lowest BCUT2D eigenvalue weighted by Crippen LogP contribution is -2.24. The molecule has 2 heterocycles. The summed E-state index contributed by atoms with van der Waals surface area (Å²) in [5.41, 5.74) is 9.96. The number of anilines is 1. The number of aromatic nitrogens is 2. The van der Waals surface area contributed by atoms with Crippen molar-refractivity contribution in [3.05, 3.63) is 65.5 Å². The lowest BCUT2D eigenvalue weighted by molar-refractivity contribution is -0.125. The highest BCUT2D eigenvalue weighted by molar-refractivity contribution is 5.92. The lowest BCUT2D eigenvalue weighted by Gasteiger charge is -2.15. The molecule has 3 rings (SSSR count). The average molecular weight is 334 g/mol. The zero-order valence-corrected chi connectivity index (χ0v) is 14.7. The van der Waals surface area contributed by atoms with Gasteiger partial charge in [0.1, 0.15) is 5.82 Å². The molecule has 1 amide bonds. The number of nitrogens with zero attached hydrogens (tertiary/aromatic N) is 3. The summed E-state index contributed by atoms with van der Waals surface area (Å²) in [4.78, 5) is 18.1. The van der Waals surface area contributed by atoms with E-state index in [9.17, 15) is 4.79 Å². The predicted molar refractivity (Wildman–Crippen MR) is 102 cm³/mol. The molecule has 0 aliphatic carbocycles. The highest BCUT2D eigenvalue weighted by Gasteiger charge is 2.12. The molecule has 2 aromatic heterocycles. The van der Waals surface area contributed by atoms with Gasteiger partial charge in [-0.15, -0.1) is 0 Å². The third-order valence-corrected chi connectivity index (χ3v) is 4.31. The van der Waals surface area contributed by atoms with E-state index in [0.717, 1.165) is 11.1 Å². The maximum absolute atomic E-state index is 12.4. The number of nitrogen functional groups attached to an aromatic ring is 1. The largest absolute Gasteiger partial charge is 0.384 e. The molecule has 3 aromatic rings. The number of carbonyl (C=O) groups excluding carboxylic acids is 1. The molecule has 0 fully saturated rings. The topological polar surface area (TPSA) is 64.2 Å². The van der Waals surface area contributed by atoms with E-state index in [4.69, 9.17) is 5.73 Å². The molecule has 5 nitrogen and oxygen atoms in total. The van der Waals surface area contributed by atoms with E-state index >= 15 is 0 Å². The first-order chi connectivity index (χ1) is 12.0. The number of rotatable bonds is 4. The van der Waals surface area contributed by atoms with Crippen molar-refractivity contribution in [3.63, 3.8) is 0 Å². The lowest BCUT2D eigenvalue weighted by atomic mass is 10.1. The van der Waals surface area contributed by atoms with Crippen LogP contribution in [-0.2, 0) is 18.4 Å². The maximum atomic E-state index is 12.4. The molecular formula is C20H22N4O. The summed E-state index contributed by atoms with van der Waals surface area (Å²) in [5, 5.41) is 1.22. The predicted octanol–water partition coefficient (Wildman–Crippen LogP) is 3.14. The van der Waals surface area contributed by atoms with Gasteiger partial charge in [-0.2, -0.15) is 0 Å². The van der Waals surface area contributed by atoms with Crippen LogP contribution >= 0.6 is 0 Å². The third kappa shape index (κ3) is 3.55. The van der Waals surface area contributed by atoms with Crippen LogP contribution < -0.4 is 5.73 Å². The second-order valence-corrected chi connectivity index (χ2v) is 6.28. The Kier molecular flexibility index (Phi) is 4.57. The molecule has 0 aliphatic heterocycles. The highest BCUT2D eigenvalue weighted by atomic mass is 16.2. The Balaban J connectivity index is 1.77. The van der Waals surface area contributed by atoms with E-state index in [1.54, 1.807) is 29.3 Å². The van der Waals surface area contributed by atoms with Crippen molar-refractivity contribution in [2.24, 2.45) is 7.05 Å². The number of likely N-dealkylation sites (N-methyl/N-ethyl adjacent to an activating group) is 1. The zero-order chi connectivity index (χ0) is 18.0. The van der Waals surface area contributed by atoms with Gasteiger partial charge in [-0.25, -0.2) is 4.98 Å². The van der Waals surface area contributed by atoms with E-state index < -0.39 is 0 Å². The van der Waals surface area contributed by atoms with Gasteiger partial charge in [0.15, 0.2) is 0 Å². The Labute approximate surface area is 147 Å². The van der Waals surface area contributed by atoms with Gasteiger partial charge in [-0.1, -0.05) is 12.1 Å². The highest BCUT2D eigenvalue weighted by Crippen LogP contribution is 2.25. The molecule has 2 N–H and O–H groups in total. The second kappa shape index (κ2) is 6.81. The van der Waals surface area contributed by atoms with Crippen LogP contribution in [-0.4, -0.2) is 27.4 Å². The number of amides is 1. The van der Waals surface area contributed by atoms with E-state index in [0.29, 0.717) is 12.4 Å². The molecule has 0 radical (unpaired) electrons. The van der Waals surface area contributed by atoms with Gasteiger partial charge in [-0.3, -0.25) is 4.79 Å². The molecular weight excluding hydrogens is 312 g/mol. The van der Waals surface area contributed by atoms with Gasteiger partial charge in [0, 0.05) is 50.0 Å². The van der Waals surface area contributed by atoms with Crippen molar-refractivity contribution < 1.29 is 4.79 Å². The van der Waals surface area contributed by atoms with Gasteiger partial charge >= 0.3 is 0 Å². The second-order valence-electron chi connectivity index (χ2n) is 6.28. The summed E-state index contributed by atoms with van der Waals surface area (Å²) < 4.78 is 2.10. The first-order valence-electron chi connectivity index (χ1n) is 8.14. The van der Waals surface area contributed by atoms with Crippen LogP contribution in [0.15, 0.2) is 48.8 Å². The summed E-state index contributed by atoms with van der Waals surface area (Å²) in [6.07, 6.45) is 7.05. The first-order valence-corrected chi connectivity index (χ1v) is 8.14. The van der Waals surface area contributed by atoms with E-state index in [-0.39, 0.29) is 5.91 Å². The molecule has 0 atom stereocenters. The average Bonchev–Trinajstić information content (AvgIpc) is 2.91. The van der Waals surface area contributed by atoms with Gasteiger partial charge in [0.25, 0.3) is 0 Å². The van der Waals surface area contributed by atoms with Crippen LogP contribution in [0.4, 0.5) is 5.82 Å². The zero-order valence-electron chi connectivity index (χ0n) is 14.7. The number of aryl methyl sites for hydroxylation is 2. The molecule has 0 unspecified atom stereocenters. The Morgan fingerprint density at radius 3 is 2.84 bits per heavy atom. The van der Waals surface area contributed by atoms with Crippen molar-refractivity contribution in [3.8, 4) is 0 Å². The first kappa shape index (κ1) is 16.8. The van der Waals surface area contributed by atoms with Gasteiger partial charge in [0.2, 0.25) is 5.91 Å². The van der Waals surface area contributed by atoms with Crippen LogP contribution in [0, 0.1) is 6.92 Å². The fraction of sp³-hybridized carbons (Fsp3) is 0.200. The normalized spacial score (nSPS) is 11.3. The Morgan fingerprint density at radius 1 is 1.32 bits per heavy atom. The maximum Gasteiger partial charge on any atom is 0.246 e. The van der Waals surface area contributed by atoms with E-state index in [1.165, 1.54) is 16.5 Å². The van der Waals surface area contributed by atoms with Crippen molar-refractivity contribution in [2.75, 3.05) is 12.8 Å². The molecule has 0 bridgehead atoms. The Bertz CT molecular complexity index is 938. The number of hydrogen-bond acceptors (Lipinski definition) is 3. The smallest absolute Gasteiger partial charge is 0.246 e. The number of benzene rings is 1. The summed E-state index contributed by atoms with van der Waals surface area (Å²) in [5.74, 6) is 0.411. The number of pyridine rings is 1. The monoisotopic (exact) mass is 334 g/mol. The molecule has 0 aliphatic rings. The minimum atomic E-state index is -0.0533. The standard InChI is InChI=1S/C20H22N4O/c1-14-5-4-6-17-20(14)16(12-23(17)2)13-24(3)19(25)10-8-15-7-9-18(21)22-11-15/h4-12H,13H2,1-3H3,(H2,21,22)/b10-8+. The van der Waals surface area contributed by atoms with Gasteiger partial charge < -0.3 is 15.2 Å². The quantitative estimate of drug-likeness (QED) is 0.746. The summed E-state index contributed by atoms with van der Waals surface area (Å²) in [6.45, 7) is 2.66. The van der Waals surface area contributed by atoms with Crippen LogP contribution in [0.3, 0.4) is 0 Å².